The molecule has 2 amide bonds. The van der Waals surface area contributed by atoms with Crippen LogP contribution in [0.15, 0.2) is 40.3 Å². The zero-order chi connectivity index (χ0) is 25.2. The average Bonchev–Trinajstić information content (AvgIpc) is 3.46. The maximum atomic E-state index is 13.1. The fourth-order valence-corrected chi connectivity index (χ4v) is 4.24. The Bertz CT molecular complexity index is 1120. The van der Waals surface area contributed by atoms with Gasteiger partial charge in [-0.1, -0.05) is 19.9 Å². The summed E-state index contributed by atoms with van der Waals surface area (Å²) in [5, 5.41) is 5.02. The molecule has 0 aliphatic rings. The van der Waals surface area contributed by atoms with Crippen LogP contribution in [0, 0.1) is 6.92 Å². The SMILES string of the molecule is CCCOc1ccc(CN(CCC)C(=O)Cc2csc(NC(=O)c3ccoc3C)n2)cc1OCC. The highest BCUT2D eigenvalue weighted by atomic mass is 32.1. The van der Waals surface area contributed by atoms with Gasteiger partial charge in [-0.25, -0.2) is 4.98 Å². The van der Waals surface area contributed by atoms with Crippen LogP contribution < -0.4 is 14.8 Å². The van der Waals surface area contributed by atoms with E-state index in [9.17, 15) is 9.59 Å². The van der Waals surface area contributed by atoms with Gasteiger partial charge >= 0.3 is 0 Å². The standard InChI is InChI=1S/C26H33N3O5S/c1-5-11-29(16-19-8-9-22(34-12-6-2)23(14-19)32-7-3)24(30)15-20-17-35-26(27-20)28-25(31)21-10-13-33-18(21)4/h8-10,13-14,17H,5-7,11-12,15-16H2,1-4H3,(H,27,28,31). The largest absolute Gasteiger partial charge is 0.490 e. The van der Waals surface area contributed by atoms with Gasteiger partial charge in [0.1, 0.15) is 5.76 Å². The fraction of sp³-hybridized carbons (Fsp3) is 0.423. The first kappa shape index (κ1) is 26.3. The highest BCUT2D eigenvalue weighted by Gasteiger charge is 2.18. The summed E-state index contributed by atoms with van der Waals surface area (Å²) < 4.78 is 16.7. The van der Waals surface area contributed by atoms with Crippen molar-refractivity contribution in [2.75, 3.05) is 25.1 Å². The van der Waals surface area contributed by atoms with Gasteiger partial charge in [-0.3, -0.25) is 14.9 Å². The number of rotatable bonds is 13. The summed E-state index contributed by atoms with van der Waals surface area (Å²) in [6, 6.07) is 7.43. The Morgan fingerprint density at radius 1 is 1.11 bits per heavy atom. The van der Waals surface area contributed by atoms with E-state index < -0.39 is 0 Å². The minimum atomic E-state index is -0.285. The Morgan fingerprint density at radius 3 is 2.63 bits per heavy atom. The number of carbonyl (C=O) groups is 2. The van der Waals surface area contributed by atoms with Crippen LogP contribution in [-0.2, 0) is 17.8 Å². The molecule has 2 aromatic heterocycles. The summed E-state index contributed by atoms with van der Waals surface area (Å²) in [5.41, 5.74) is 2.06. The minimum Gasteiger partial charge on any atom is -0.490 e. The summed E-state index contributed by atoms with van der Waals surface area (Å²) in [5.74, 6) is 1.64. The van der Waals surface area contributed by atoms with Crippen molar-refractivity contribution in [2.24, 2.45) is 0 Å². The van der Waals surface area contributed by atoms with Crippen LogP contribution in [0.1, 0.15) is 61.0 Å². The summed E-state index contributed by atoms with van der Waals surface area (Å²) in [4.78, 5) is 31.8. The van der Waals surface area contributed by atoms with Crippen molar-refractivity contribution >= 4 is 28.3 Å². The lowest BCUT2D eigenvalue weighted by Gasteiger charge is -2.23. The third-order valence-corrected chi connectivity index (χ3v) is 6.00. The second-order valence-corrected chi connectivity index (χ2v) is 8.90. The predicted molar refractivity (Wildman–Crippen MR) is 136 cm³/mol. The quantitative estimate of drug-likeness (QED) is 0.335. The second kappa shape index (κ2) is 12.9. The van der Waals surface area contributed by atoms with Crippen molar-refractivity contribution in [3.8, 4) is 11.5 Å². The summed E-state index contributed by atoms with van der Waals surface area (Å²) in [6.45, 7) is 10.0. The topological polar surface area (TPSA) is 93.9 Å². The Balaban J connectivity index is 1.65. The Labute approximate surface area is 210 Å². The molecule has 9 heteroatoms. The monoisotopic (exact) mass is 499 g/mol. The molecule has 1 N–H and O–H groups in total. The van der Waals surface area contributed by atoms with Crippen LogP contribution in [0.5, 0.6) is 11.5 Å². The fourth-order valence-electron chi connectivity index (χ4n) is 3.53. The van der Waals surface area contributed by atoms with E-state index in [2.05, 4.69) is 17.2 Å². The molecular formula is C26H33N3O5S. The van der Waals surface area contributed by atoms with Gasteiger partial charge in [0.15, 0.2) is 16.6 Å². The van der Waals surface area contributed by atoms with Crippen molar-refractivity contribution in [1.29, 1.82) is 0 Å². The molecule has 0 fully saturated rings. The lowest BCUT2D eigenvalue weighted by Crippen LogP contribution is -2.32. The van der Waals surface area contributed by atoms with E-state index in [1.165, 1.54) is 17.6 Å². The molecule has 35 heavy (non-hydrogen) atoms. The molecule has 0 unspecified atom stereocenters. The average molecular weight is 500 g/mol. The van der Waals surface area contributed by atoms with Crippen LogP contribution >= 0.6 is 11.3 Å². The van der Waals surface area contributed by atoms with E-state index in [-0.39, 0.29) is 18.2 Å². The maximum Gasteiger partial charge on any atom is 0.260 e. The molecule has 0 saturated carbocycles. The lowest BCUT2D eigenvalue weighted by molar-refractivity contribution is -0.131. The van der Waals surface area contributed by atoms with Crippen LogP contribution in [0.4, 0.5) is 5.13 Å². The smallest absolute Gasteiger partial charge is 0.260 e. The van der Waals surface area contributed by atoms with E-state index in [0.29, 0.717) is 60.0 Å². The Kier molecular flexibility index (Phi) is 9.72. The summed E-state index contributed by atoms with van der Waals surface area (Å²) >= 11 is 1.29. The molecule has 8 nitrogen and oxygen atoms in total. The van der Waals surface area contributed by atoms with Gasteiger partial charge < -0.3 is 18.8 Å². The lowest BCUT2D eigenvalue weighted by atomic mass is 10.1. The maximum absolute atomic E-state index is 13.1. The molecule has 0 saturated heterocycles. The van der Waals surface area contributed by atoms with Gasteiger partial charge in [-0.2, -0.15) is 0 Å². The van der Waals surface area contributed by atoms with Crippen LogP contribution in [-0.4, -0.2) is 41.5 Å². The van der Waals surface area contributed by atoms with Crippen LogP contribution in [0.2, 0.25) is 0 Å². The number of hydrogen-bond donors (Lipinski definition) is 1. The number of carbonyl (C=O) groups excluding carboxylic acids is 2. The molecule has 0 aliphatic carbocycles. The zero-order valence-corrected chi connectivity index (χ0v) is 21.6. The van der Waals surface area contributed by atoms with Crippen molar-refractivity contribution in [1.82, 2.24) is 9.88 Å². The normalized spacial score (nSPS) is 10.7. The van der Waals surface area contributed by atoms with Gasteiger partial charge in [-0.05, 0) is 50.5 Å². The number of ether oxygens (including phenoxy) is 2. The number of hydrogen-bond acceptors (Lipinski definition) is 7. The molecule has 0 bridgehead atoms. The van der Waals surface area contributed by atoms with Gasteiger partial charge in [0.25, 0.3) is 5.91 Å². The second-order valence-electron chi connectivity index (χ2n) is 8.04. The number of amides is 2. The first-order valence-electron chi connectivity index (χ1n) is 11.9. The van der Waals surface area contributed by atoms with E-state index in [4.69, 9.17) is 13.9 Å². The zero-order valence-electron chi connectivity index (χ0n) is 20.8. The highest BCUT2D eigenvalue weighted by molar-refractivity contribution is 7.14. The third-order valence-electron chi connectivity index (χ3n) is 5.20. The highest BCUT2D eigenvalue weighted by Crippen LogP contribution is 2.29. The Morgan fingerprint density at radius 2 is 1.94 bits per heavy atom. The van der Waals surface area contributed by atoms with Gasteiger partial charge in [0.05, 0.1) is 37.2 Å². The number of aryl methyl sites for hydroxylation is 1. The van der Waals surface area contributed by atoms with Crippen LogP contribution in [0.3, 0.4) is 0 Å². The van der Waals surface area contributed by atoms with Gasteiger partial charge in [-0.15, -0.1) is 11.3 Å². The third kappa shape index (κ3) is 7.32. The number of thiazole rings is 1. The predicted octanol–water partition coefficient (Wildman–Crippen LogP) is 5.47. The molecule has 3 rings (SSSR count). The van der Waals surface area contributed by atoms with E-state index in [1.807, 2.05) is 36.9 Å². The van der Waals surface area contributed by atoms with Gasteiger partial charge in [0, 0.05) is 18.5 Å². The molecule has 0 spiro atoms. The molecule has 3 aromatic rings. The molecule has 188 valence electrons. The summed E-state index contributed by atoms with van der Waals surface area (Å²) in [6.07, 6.45) is 3.38. The molecular weight excluding hydrogens is 466 g/mol. The van der Waals surface area contributed by atoms with E-state index in [1.54, 1.807) is 18.4 Å². The minimum absolute atomic E-state index is 0.0232. The first-order valence-corrected chi connectivity index (χ1v) is 12.8. The van der Waals surface area contributed by atoms with Gasteiger partial charge in [0.2, 0.25) is 5.91 Å². The number of aromatic nitrogens is 1. The van der Waals surface area contributed by atoms with Crippen molar-refractivity contribution in [3.63, 3.8) is 0 Å². The van der Waals surface area contributed by atoms with Crippen LogP contribution in [0.25, 0.3) is 0 Å². The molecule has 2 heterocycles. The Hall–Kier alpha value is -3.33. The first-order chi connectivity index (χ1) is 16.9. The number of nitrogens with zero attached hydrogens (tertiary/aromatic N) is 2. The molecule has 0 radical (unpaired) electrons. The van der Waals surface area contributed by atoms with Crippen molar-refractivity contribution in [3.05, 3.63) is 58.5 Å². The number of furan rings is 1. The van der Waals surface area contributed by atoms with E-state index in [0.717, 1.165) is 18.4 Å². The van der Waals surface area contributed by atoms with E-state index >= 15 is 0 Å². The molecule has 0 aliphatic heterocycles. The van der Waals surface area contributed by atoms with Crippen molar-refractivity contribution < 1.29 is 23.5 Å². The van der Waals surface area contributed by atoms with Crippen molar-refractivity contribution in [2.45, 2.75) is 53.5 Å². The summed E-state index contributed by atoms with van der Waals surface area (Å²) in [7, 11) is 0. The molecule has 1 aromatic carbocycles. The molecule has 0 atom stereocenters. The number of benzene rings is 1. The number of nitrogens with one attached hydrogen (secondary N) is 1. The number of anilines is 1.